The molecule has 2 rings (SSSR count). The number of benzene rings is 1. The highest BCUT2D eigenvalue weighted by Gasteiger charge is 2.21. The molecule has 17 heavy (non-hydrogen) atoms. The highest BCUT2D eigenvalue weighted by molar-refractivity contribution is 5.49. The van der Waals surface area contributed by atoms with E-state index in [0.29, 0.717) is 6.61 Å². The minimum Gasteiger partial charge on any atom is -0.494 e. The van der Waals surface area contributed by atoms with Crippen LogP contribution in [-0.2, 0) is 12.8 Å². The molecule has 94 valence electrons. The lowest BCUT2D eigenvalue weighted by Gasteiger charge is -2.14. The Hall–Kier alpha value is -1.22. The largest absolute Gasteiger partial charge is 0.494 e. The maximum absolute atomic E-state index is 5.87. The summed E-state index contributed by atoms with van der Waals surface area (Å²) in [5.74, 6) is 1.96. The van der Waals surface area contributed by atoms with Crippen LogP contribution >= 0.6 is 0 Å². The van der Waals surface area contributed by atoms with Crippen LogP contribution in [0.1, 0.15) is 31.9 Å². The Kier molecular flexibility index (Phi) is 3.57. The SMILES string of the molecule is CCOc1cc2c(cc1CC(C)N)OC(C)C2. The van der Waals surface area contributed by atoms with Crippen molar-refractivity contribution >= 4 is 0 Å². The maximum atomic E-state index is 5.87. The molecule has 0 saturated carbocycles. The molecule has 3 nitrogen and oxygen atoms in total. The van der Waals surface area contributed by atoms with Crippen LogP contribution in [-0.4, -0.2) is 18.8 Å². The Morgan fingerprint density at radius 3 is 2.94 bits per heavy atom. The molecule has 0 aromatic heterocycles. The van der Waals surface area contributed by atoms with E-state index < -0.39 is 0 Å². The van der Waals surface area contributed by atoms with E-state index in [0.717, 1.165) is 29.9 Å². The first kappa shape index (κ1) is 12.2. The van der Waals surface area contributed by atoms with Crippen LogP contribution in [0.4, 0.5) is 0 Å². The van der Waals surface area contributed by atoms with Crippen LogP contribution in [0, 0.1) is 0 Å². The Labute approximate surface area is 103 Å². The summed E-state index contributed by atoms with van der Waals surface area (Å²) in [6, 6.07) is 4.33. The second kappa shape index (κ2) is 4.96. The van der Waals surface area contributed by atoms with E-state index in [-0.39, 0.29) is 12.1 Å². The number of hydrogen-bond acceptors (Lipinski definition) is 3. The first-order valence-electron chi connectivity index (χ1n) is 6.31. The van der Waals surface area contributed by atoms with Gasteiger partial charge in [0.05, 0.1) is 6.61 Å². The van der Waals surface area contributed by atoms with Crippen LogP contribution in [0.2, 0.25) is 0 Å². The van der Waals surface area contributed by atoms with Crippen molar-refractivity contribution in [3.8, 4) is 11.5 Å². The van der Waals surface area contributed by atoms with E-state index in [1.54, 1.807) is 0 Å². The fourth-order valence-corrected chi connectivity index (χ4v) is 2.28. The van der Waals surface area contributed by atoms with E-state index in [9.17, 15) is 0 Å². The van der Waals surface area contributed by atoms with E-state index in [2.05, 4.69) is 19.1 Å². The first-order valence-corrected chi connectivity index (χ1v) is 6.31. The second-order valence-corrected chi connectivity index (χ2v) is 4.81. The molecule has 1 aliphatic heterocycles. The molecule has 1 aliphatic rings. The predicted molar refractivity (Wildman–Crippen MR) is 68.8 cm³/mol. The molecule has 3 heteroatoms. The first-order chi connectivity index (χ1) is 8.10. The molecule has 0 radical (unpaired) electrons. The van der Waals surface area contributed by atoms with Crippen LogP contribution in [0.25, 0.3) is 0 Å². The second-order valence-electron chi connectivity index (χ2n) is 4.81. The van der Waals surface area contributed by atoms with Crippen molar-refractivity contribution in [3.63, 3.8) is 0 Å². The Morgan fingerprint density at radius 2 is 2.29 bits per heavy atom. The van der Waals surface area contributed by atoms with Gasteiger partial charge in [0.25, 0.3) is 0 Å². The van der Waals surface area contributed by atoms with Gasteiger partial charge in [-0.15, -0.1) is 0 Å². The van der Waals surface area contributed by atoms with Crippen LogP contribution in [0.5, 0.6) is 11.5 Å². The summed E-state index contributed by atoms with van der Waals surface area (Å²) in [5.41, 5.74) is 8.26. The average molecular weight is 235 g/mol. The summed E-state index contributed by atoms with van der Waals surface area (Å²) in [5, 5.41) is 0. The third kappa shape index (κ3) is 2.72. The molecule has 0 spiro atoms. The lowest BCUT2D eigenvalue weighted by molar-refractivity contribution is 0.254. The number of rotatable bonds is 4. The van der Waals surface area contributed by atoms with Gasteiger partial charge in [0.2, 0.25) is 0 Å². The topological polar surface area (TPSA) is 44.5 Å². The molecular weight excluding hydrogens is 214 g/mol. The van der Waals surface area contributed by atoms with Crippen molar-refractivity contribution in [1.29, 1.82) is 0 Å². The fourth-order valence-electron chi connectivity index (χ4n) is 2.28. The third-order valence-corrected chi connectivity index (χ3v) is 2.92. The maximum Gasteiger partial charge on any atom is 0.123 e. The van der Waals surface area contributed by atoms with E-state index in [4.69, 9.17) is 15.2 Å². The van der Waals surface area contributed by atoms with Gasteiger partial charge in [-0.05, 0) is 44.9 Å². The summed E-state index contributed by atoms with van der Waals surface area (Å²) in [6.07, 6.45) is 2.05. The van der Waals surface area contributed by atoms with Crippen molar-refractivity contribution < 1.29 is 9.47 Å². The minimum absolute atomic E-state index is 0.131. The Bertz CT molecular complexity index is 401. The zero-order chi connectivity index (χ0) is 12.4. The summed E-state index contributed by atoms with van der Waals surface area (Å²) >= 11 is 0. The standard InChI is InChI=1S/C14H21NO2/c1-4-16-13-7-12-6-10(3)17-14(12)8-11(13)5-9(2)15/h7-10H,4-6,15H2,1-3H3. The van der Waals surface area contributed by atoms with Gasteiger partial charge < -0.3 is 15.2 Å². The van der Waals surface area contributed by atoms with Crippen LogP contribution in [0.3, 0.4) is 0 Å². The molecule has 2 atom stereocenters. The third-order valence-electron chi connectivity index (χ3n) is 2.92. The van der Waals surface area contributed by atoms with Crippen LogP contribution < -0.4 is 15.2 Å². The highest BCUT2D eigenvalue weighted by atomic mass is 16.5. The van der Waals surface area contributed by atoms with Gasteiger partial charge in [-0.25, -0.2) is 0 Å². The monoisotopic (exact) mass is 235 g/mol. The summed E-state index contributed by atoms with van der Waals surface area (Å²) in [6.45, 7) is 6.78. The lowest BCUT2D eigenvalue weighted by atomic mass is 10.0. The van der Waals surface area contributed by atoms with Gasteiger partial charge in [0.1, 0.15) is 17.6 Å². The molecule has 0 saturated heterocycles. The summed E-state index contributed by atoms with van der Waals surface area (Å²) in [7, 11) is 0. The highest BCUT2D eigenvalue weighted by Crippen LogP contribution is 2.35. The molecule has 1 aromatic rings. The molecule has 0 aliphatic carbocycles. The van der Waals surface area contributed by atoms with Crippen molar-refractivity contribution in [2.75, 3.05) is 6.61 Å². The molecule has 0 bridgehead atoms. The zero-order valence-electron chi connectivity index (χ0n) is 10.8. The molecule has 1 aromatic carbocycles. The molecule has 2 unspecified atom stereocenters. The summed E-state index contributed by atoms with van der Waals surface area (Å²) in [4.78, 5) is 0. The molecule has 0 amide bonds. The van der Waals surface area contributed by atoms with E-state index in [1.807, 2.05) is 13.8 Å². The Balaban J connectivity index is 2.32. The molecular formula is C14H21NO2. The number of fused-ring (bicyclic) bond motifs is 1. The van der Waals surface area contributed by atoms with Gasteiger partial charge in [-0.2, -0.15) is 0 Å². The predicted octanol–water partition coefficient (Wildman–Crippen LogP) is 2.30. The fraction of sp³-hybridized carbons (Fsp3) is 0.571. The molecule has 2 N–H and O–H groups in total. The molecule has 0 fully saturated rings. The van der Waals surface area contributed by atoms with E-state index in [1.165, 1.54) is 5.56 Å². The summed E-state index contributed by atoms with van der Waals surface area (Å²) < 4.78 is 11.5. The van der Waals surface area contributed by atoms with Gasteiger partial charge in [0, 0.05) is 18.0 Å². The smallest absolute Gasteiger partial charge is 0.123 e. The van der Waals surface area contributed by atoms with Crippen molar-refractivity contribution in [2.24, 2.45) is 5.73 Å². The molecule has 1 heterocycles. The minimum atomic E-state index is 0.131. The van der Waals surface area contributed by atoms with Crippen molar-refractivity contribution in [3.05, 3.63) is 23.3 Å². The normalized spacial score (nSPS) is 19.6. The van der Waals surface area contributed by atoms with Crippen molar-refractivity contribution in [1.82, 2.24) is 0 Å². The van der Waals surface area contributed by atoms with Crippen LogP contribution in [0.15, 0.2) is 12.1 Å². The number of nitrogens with two attached hydrogens (primary N) is 1. The Morgan fingerprint density at radius 1 is 1.53 bits per heavy atom. The quantitative estimate of drug-likeness (QED) is 0.871. The van der Waals surface area contributed by atoms with Gasteiger partial charge in [-0.1, -0.05) is 0 Å². The number of ether oxygens (including phenoxy) is 2. The lowest BCUT2D eigenvalue weighted by Crippen LogP contribution is -2.18. The van der Waals surface area contributed by atoms with E-state index >= 15 is 0 Å². The average Bonchev–Trinajstić information content (AvgIpc) is 2.57. The van der Waals surface area contributed by atoms with Gasteiger partial charge in [-0.3, -0.25) is 0 Å². The van der Waals surface area contributed by atoms with Gasteiger partial charge in [0.15, 0.2) is 0 Å². The van der Waals surface area contributed by atoms with Crippen molar-refractivity contribution in [2.45, 2.75) is 45.8 Å². The zero-order valence-corrected chi connectivity index (χ0v) is 10.8. The number of hydrogen-bond donors (Lipinski definition) is 1. The van der Waals surface area contributed by atoms with Gasteiger partial charge >= 0.3 is 0 Å².